The molecule has 3 nitrogen and oxygen atoms in total. The Hall–Kier alpha value is -2.36. The van der Waals surface area contributed by atoms with Gasteiger partial charge in [-0.05, 0) is 60.7 Å². The van der Waals surface area contributed by atoms with Gasteiger partial charge in [0, 0.05) is 29.9 Å². The van der Waals surface area contributed by atoms with Crippen LogP contribution in [0.5, 0.6) is 5.75 Å². The van der Waals surface area contributed by atoms with Gasteiger partial charge in [0.15, 0.2) is 0 Å². The molecule has 0 radical (unpaired) electrons. The van der Waals surface area contributed by atoms with Gasteiger partial charge in [-0.25, -0.2) is 0 Å². The highest BCUT2D eigenvalue weighted by molar-refractivity contribution is 6.31. The smallest absolute Gasteiger partial charge is 0.117 e. The Morgan fingerprint density at radius 3 is 2.35 bits per heavy atom. The standard InChI is InChI=1S/C27H33ClN2O/c1-3-5-12-25-22(15-16-29-27(25)21-10-8-7-9-11-21)19-30(17-6-4-2)20-23-13-14-24(31)18-26(23)28/h7-11,13-16,18,31H,3-6,12,17,19-20H2,1-2H3. The minimum atomic E-state index is 0.206. The van der Waals surface area contributed by atoms with Gasteiger partial charge in [0.05, 0.1) is 5.69 Å². The van der Waals surface area contributed by atoms with Crippen molar-refractivity contribution in [3.8, 4) is 17.0 Å². The lowest BCUT2D eigenvalue weighted by Crippen LogP contribution is -2.25. The minimum Gasteiger partial charge on any atom is -0.508 e. The van der Waals surface area contributed by atoms with E-state index in [0.717, 1.165) is 63.0 Å². The van der Waals surface area contributed by atoms with Crippen LogP contribution >= 0.6 is 11.6 Å². The van der Waals surface area contributed by atoms with Gasteiger partial charge in [-0.3, -0.25) is 9.88 Å². The third-order valence-corrected chi connectivity index (χ3v) is 5.98. The normalized spacial score (nSPS) is 11.2. The fourth-order valence-electron chi connectivity index (χ4n) is 3.90. The van der Waals surface area contributed by atoms with E-state index in [9.17, 15) is 5.11 Å². The van der Waals surface area contributed by atoms with Gasteiger partial charge in [0.2, 0.25) is 0 Å². The van der Waals surface area contributed by atoms with E-state index >= 15 is 0 Å². The van der Waals surface area contributed by atoms with Crippen LogP contribution in [0, 0.1) is 0 Å². The van der Waals surface area contributed by atoms with Crippen molar-refractivity contribution < 1.29 is 5.11 Å². The predicted octanol–water partition coefficient (Wildman–Crippen LogP) is 7.25. The van der Waals surface area contributed by atoms with Crippen molar-refractivity contribution in [2.75, 3.05) is 6.54 Å². The molecule has 0 bridgehead atoms. The molecule has 0 spiro atoms. The monoisotopic (exact) mass is 436 g/mol. The molecule has 0 amide bonds. The number of aromatic nitrogens is 1. The van der Waals surface area contributed by atoms with E-state index in [0.29, 0.717) is 5.02 Å². The SMILES string of the molecule is CCCCc1c(CN(CCCC)Cc2ccc(O)cc2Cl)ccnc1-c1ccccc1. The zero-order valence-corrected chi connectivity index (χ0v) is 19.4. The summed E-state index contributed by atoms with van der Waals surface area (Å²) >= 11 is 6.42. The first kappa shape index (κ1) is 23.3. The molecule has 0 fully saturated rings. The molecule has 0 saturated heterocycles. The molecule has 164 valence electrons. The number of benzene rings is 2. The topological polar surface area (TPSA) is 36.4 Å². The predicted molar refractivity (Wildman–Crippen MR) is 130 cm³/mol. The lowest BCUT2D eigenvalue weighted by atomic mass is 9.96. The number of hydrogen-bond donors (Lipinski definition) is 1. The molecule has 31 heavy (non-hydrogen) atoms. The van der Waals surface area contributed by atoms with Crippen LogP contribution < -0.4 is 0 Å². The lowest BCUT2D eigenvalue weighted by molar-refractivity contribution is 0.252. The average Bonchev–Trinajstić information content (AvgIpc) is 2.78. The van der Waals surface area contributed by atoms with Crippen LogP contribution in [-0.2, 0) is 19.5 Å². The summed E-state index contributed by atoms with van der Waals surface area (Å²) in [6.45, 7) is 7.08. The number of halogens is 1. The van der Waals surface area contributed by atoms with Crippen molar-refractivity contribution >= 4 is 11.6 Å². The Balaban J connectivity index is 1.92. The maximum absolute atomic E-state index is 9.70. The Morgan fingerprint density at radius 1 is 0.903 bits per heavy atom. The van der Waals surface area contributed by atoms with Crippen LogP contribution in [0.3, 0.4) is 0 Å². The Kier molecular flexibility index (Phi) is 8.93. The summed E-state index contributed by atoms with van der Waals surface area (Å²) < 4.78 is 0. The summed E-state index contributed by atoms with van der Waals surface area (Å²) in [5, 5.41) is 10.3. The van der Waals surface area contributed by atoms with Crippen molar-refractivity contribution in [3.05, 3.63) is 82.5 Å². The Morgan fingerprint density at radius 2 is 1.65 bits per heavy atom. The fourth-order valence-corrected chi connectivity index (χ4v) is 4.13. The summed E-state index contributed by atoms with van der Waals surface area (Å²) in [5.41, 5.74) is 6.02. The van der Waals surface area contributed by atoms with Gasteiger partial charge in [0.1, 0.15) is 5.75 Å². The van der Waals surface area contributed by atoms with Gasteiger partial charge in [0.25, 0.3) is 0 Å². The van der Waals surface area contributed by atoms with E-state index in [2.05, 4.69) is 49.1 Å². The van der Waals surface area contributed by atoms with E-state index in [1.165, 1.54) is 16.7 Å². The molecule has 1 N–H and O–H groups in total. The first-order valence-electron chi connectivity index (χ1n) is 11.3. The molecule has 0 aliphatic heterocycles. The van der Waals surface area contributed by atoms with Crippen LogP contribution in [0.2, 0.25) is 5.02 Å². The van der Waals surface area contributed by atoms with E-state index in [-0.39, 0.29) is 5.75 Å². The van der Waals surface area contributed by atoms with Crippen molar-refractivity contribution in [1.82, 2.24) is 9.88 Å². The number of phenols is 1. The number of nitrogens with zero attached hydrogens (tertiary/aromatic N) is 2. The van der Waals surface area contributed by atoms with Crippen LogP contribution in [0.25, 0.3) is 11.3 Å². The number of aromatic hydroxyl groups is 1. The molecule has 2 aromatic carbocycles. The highest BCUT2D eigenvalue weighted by Gasteiger charge is 2.16. The third-order valence-electron chi connectivity index (χ3n) is 5.63. The quantitative estimate of drug-likeness (QED) is 0.343. The van der Waals surface area contributed by atoms with Crippen LogP contribution in [-0.4, -0.2) is 21.5 Å². The van der Waals surface area contributed by atoms with Crippen molar-refractivity contribution in [1.29, 1.82) is 0 Å². The van der Waals surface area contributed by atoms with E-state index in [1.54, 1.807) is 12.1 Å². The van der Waals surface area contributed by atoms with Crippen molar-refractivity contribution in [3.63, 3.8) is 0 Å². The van der Waals surface area contributed by atoms with Crippen LogP contribution in [0.4, 0.5) is 0 Å². The molecule has 0 aliphatic rings. The van der Waals surface area contributed by atoms with Gasteiger partial charge in [-0.2, -0.15) is 0 Å². The van der Waals surface area contributed by atoms with E-state index < -0.39 is 0 Å². The highest BCUT2D eigenvalue weighted by atomic mass is 35.5. The van der Waals surface area contributed by atoms with Crippen molar-refractivity contribution in [2.24, 2.45) is 0 Å². The maximum Gasteiger partial charge on any atom is 0.117 e. The first-order valence-corrected chi connectivity index (χ1v) is 11.7. The second kappa shape index (κ2) is 11.9. The minimum absolute atomic E-state index is 0.206. The van der Waals surface area contributed by atoms with E-state index in [4.69, 9.17) is 16.6 Å². The number of phenolic OH excluding ortho intramolecular Hbond substituents is 1. The summed E-state index contributed by atoms with van der Waals surface area (Å²) in [4.78, 5) is 7.23. The molecule has 0 atom stereocenters. The average molecular weight is 437 g/mol. The molecule has 4 heteroatoms. The van der Waals surface area contributed by atoms with Gasteiger partial charge in [-0.1, -0.05) is 74.7 Å². The lowest BCUT2D eigenvalue weighted by Gasteiger charge is -2.25. The van der Waals surface area contributed by atoms with Gasteiger partial charge < -0.3 is 5.11 Å². The second-order valence-electron chi connectivity index (χ2n) is 8.11. The molecule has 0 aliphatic carbocycles. The fraction of sp³-hybridized carbons (Fsp3) is 0.370. The molecule has 1 aromatic heterocycles. The van der Waals surface area contributed by atoms with Crippen LogP contribution in [0.15, 0.2) is 60.8 Å². The second-order valence-corrected chi connectivity index (χ2v) is 8.51. The summed E-state index contributed by atoms with van der Waals surface area (Å²) in [6, 6.07) is 17.9. The molecule has 1 heterocycles. The number of hydrogen-bond acceptors (Lipinski definition) is 3. The molecule has 3 rings (SSSR count). The summed E-state index contributed by atoms with van der Waals surface area (Å²) in [6.07, 6.45) is 7.57. The summed E-state index contributed by atoms with van der Waals surface area (Å²) in [7, 11) is 0. The molecule has 3 aromatic rings. The molecule has 0 unspecified atom stereocenters. The third kappa shape index (κ3) is 6.56. The molecular formula is C27H33ClN2O. The number of pyridine rings is 1. The van der Waals surface area contributed by atoms with Crippen LogP contribution in [0.1, 0.15) is 56.2 Å². The number of rotatable bonds is 11. The Bertz CT molecular complexity index is 959. The zero-order chi connectivity index (χ0) is 22.1. The molecule has 0 saturated carbocycles. The van der Waals surface area contributed by atoms with Gasteiger partial charge >= 0.3 is 0 Å². The largest absolute Gasteiger partial charge is 0.508 e. The number of unbranched alkanes of at least 4 members (excludes halogenated alkanes) is 2. The van der Waals surface area contributed by atoms with Crippen molar-refractivity contribution in [2.45, 2.75) is 59.0 Å². The highest BCUT2D eigenvalue weighted by Crippen LogP contribution is 2.28. The molecular weight excluding hydrogens is 404 g/mol. The zero-order valence-electron chi connectivity index (χ0n) is 18.6. The Labute approximate surface area is 191 Å². The van der Waals surface area contributed by atoms with Gasteiger partial charge in [-0.15, -0.1) is 0 Å². The first-order chi connectivity index (χ1) is 15.1. The summed E-state index contributed by atoms with van der Waals surface area (Å²) in [5.74, 6) is 0.206. The van der Waals surface area contributed by atoms with E-state index in [1.807, 2.05) is 18.3 Å². The maximum atomic E-state index is 9.70.